The predicted octanol–water partition coefficient (Wildman–Crippen LogP) is -0.743. The molecule has 2 aliphatic heterocycles. The third kappa shape index (κ3) is 2.14. The molecule has 2 fully saturated rings. The normalized spacial score (nSPS) is 28.5. The summed E-state index contributed by atoms with van der Waals surface area (Å²) in [4.78, 5) is 11.8. The maximum absolute atomic E-state index is 11.8. The molecule has 0 aromatic heterocycles. The molecule has 2 aliphatic rings. The molecule has 0 aromatic carbocycles. The smallest absolute Gasteiger partial charge is 0.232 e. The van der Waals surface area contributed by atoms with Crippen molar-refractivity contribution in [2.75, 3.05) is 32.9 Å². The molecule has 5 nitrogen and oxygen atoms in total. The summed E-state index contributed by atoms with van der Waals surface area (Å²) in [7, 11) is 0. The van der Waals surface area contributed by atoms with E-state index >= 15 is 0 Å². The van der Waals surface area contributed by atoms with Crippen molar-refractivity contribution in [1.82, 2.24) is 5.32 Å². The van der Waals surface area contributed by atoms with Crippen LogP contribution in [0.3, 0.4) is 0 Å². The third-order valence-electron chi connectivity index (χ3n) is 3.14. The average molecular weight is 214 g/mol. The Labute approximate surface area is 89.3 Å². The molecule has 0 radical (unpaired) electrons. The van der Waals surface area contributed by atoms with Crippen LogP contribution in [0.15, 0.2) is 0 Å². The van der Waals surface area contributed by atoms with Gasteiger partial charge in [0.15, 0.2) is 0 Å². The average Bonchev–Trinajstić information content (AvgIpc) is 2.66. The molecule has 15 heavy (non-hydrogen) atoms. The number of ether oxygens (including phenoxy) is 2. The standard InChI is InChI=1S/C10H18N2O3/c11-5-10(6-14-7-10)9(13)12-4-8-2-1-3-15-8/h8H,1-7,11H2,(H,12,13). The number of hydrogen-bond donors (Lipinski definition) is 2. The van der Waals surface area contributed by atoms with Gasteiger partial charge in [0.2, 0.25) is 5.91 Å². The number of rotatable bonds is 4. The lowest BCUT2D eigenvalue weighted by Crippen LogP contribution is -2.58. The lowest BCUT2D eigenvalue weighted by molar-refractivity contribution is -0.159. The first kappa shape index (κ1) is 10.9. The van der Waals surface area contributed by atoms with Gasteiger partial charge in [0.25, 0.3) is 0 Å². The molecule has 86 valence electrons. The summed E-state index contributed by atoms with van der Waals surface area (Å²) in [6.07, 6.45) is 2.31. The van der Waals surface area contributed by atoms with E-state index in [0.717, 1.165) is 19.4 Å². The van der Waals surface area contributed by atoms with Crippen LogP contribution in [0.25, 0.3) is 0 Å². The molecular weight excluding hydrogens is 196 g/mol. The number of carbonyl (C=O) groups is 1. The van der Waals surface area contributed by atoms with Gasteiger partial charge in [0.05, 0.1) is 19.3 Å². The third-order valence-corrected chi connectivity index (χ3v) is 3.14. The Hall–Kier alpha value is -0.650. The van der Waals surface area contributed by atoms with Gasteiger partial charge in [-0.15, -0.1) is 0 Å². The predicted molar refractivity (Wildman–Crippen MR) is 54.3 cm³/mol. The molecule has 0 aliphatic carbocycles. The molecule has 0 aromatic rings. The minimum Gasteiger partial charge on any atom is -0.379 e. The summed E-state index contributed by atoms with van der Waals surface area (Å²) >= 11 is 0. The molecule has 2 heterocycles. The summed E-state index contributed by atoms with van der Waals surface area (Å²) in [5.74, 6) is 0.00625. The quantitative estimate of drug-likeness (QED) is 0.646. The van der Waals surface area contributed by atoms with E-state index in [9.17, 15) is 4.79 Å². The van der Waals surface area contributed by atoms with E-state index in [1.165, 1.54) is 0 Å². The van der Waals surface area contributed by atoms with Gasteiger partial charge >= 0.3 is 0 Å². The number of amides is 1. The summed E-state index contributed by atoms with van der Waals surface area (Å²) in [6, 6.07) is 0. The van der Waals surface area contributed by atoms with Crippen molar-refractivity contribution in [3.8, 4) is 0 Å². The van der Waals surface area contributed by atoms with Crippen molar-refractivity contribution in [1.29, 1.82) is 0 Å². The Kier molecular flexibility index (Phi) is 3.23. The maximum atomic E-state index is 11.8. The first-order valence-electron chi connectivity index (χ1n) is 5.44. The molecule has 0 spiro atoms. The van der Waals surface area contributed by atoms with E-state index in [2.05, 4.69) is 5.32 Å². The van der Waals surface area contributed by atoms with Crippen LogP contribution in [0.2, 0.25) is 0 Å². The Morgan fingerprint density at radius 2 is 2.33 bits per heavy atom. The molecular formula is C10H18N2O3. The van der Waals surface area contributed by atoms with Crippen molar-refractivity contribution < 1.29 is 14.3 Å². The monoisotopic (exact) mass is 214 g/mol. The SMILES string of the molecule is NCC1(C(=O)NCC2CCCO2)COC1. The van der Waals surface area contributed by atoms with E-state index in [4.69, 9.17) is 15.2 Å². The highest BCUT2D eigenvalue weighted by Gasteiger charge is 2.44. The Morgan fingerprint density at radius 1 is 1.53 bits per heavy atom. The molecule has 0 bridgehead atoms. The van der Waals surface area contributed by atoms with E-state index in [-0.39, 0.29) is 12.0 Å². The van der Waals surface area contributed by atoms with Gasteiger partial charge in [-0.25, -0.2) is 0 Å². The number of nitrogens with two attached hydrogens (primary N) is 1. The molecule has 0 saturated carbocycles. The zero-order valence-electron chi connectivity index (χ0n) is 8.83. The zero-order valence-corrected chi connectivity index (χ0v) is 8.83. The summed E-state index contributed by atoms with van der Waals surface area (Å²) in [6.45, 7) is 2.65. The molecule has 2 rings (SSSR count). The van der Waals surface area contributed by atoms with Gasteiger partial charge in [0, 0.05) is 19.7 Å². The molecule has 1 atom stereocenters. The van der Waals surface area contributed by atoms with Crippen molar-refractivity contribution >= 4 is 5.91 Å². The van der Waals surface area contributed by atoms with Crippen LogP contribution in [0.1, 0.15) is 12.8 Å². The fourth-order valence-electron chi connectivity index (χ4n) is 1.89. The van der Waals surface area contributed by atoms with Gasteiger partial charge in [-0.3, -0.25) is 4.79 Å². The Bertz CT molecular complexity index is 229. The number of carbonyl (C=O) groups excluding carboxylic acids is 1. The van der Waals surface area contributed by atoms with Crippen LogP contribution in [-0.2, 0) is 14.3 Å². The summed E-state index contributed by atoms with van der Waals surface area (Å²) in [5, 5.41) is 2.89. The largest absolute Gasteiger partial charge is 0.379 e. The van der Waals surface area contributed by atoms with Crippen molar-refractivity contribution in [3.05, 3.63) is 0 Å². The van der Waals surface area contributed by atoms with Crippen LogP contribution in [-0.4, -0.2) is 44.9 Å². The highest BCUT2D eigenvalue weighted by atomic mass is 16.5. The topological polar surface area (TPSA) is 73.6 Å². The first-order chi connectivity index (χ1) is 7.27. The van der Waals surface area contributed by atoms with Crippen molar-refractivity contribution in [3.63, 3.8) is 0 Å². The number of nitrogens with one attached hydrogen (secondary N) is 1. The van der Waals surface area contributed by atoms with E-state index in [1.54, 1.807) is 0 Å². The number of hydrogen-bond acceptors (Lipinski definition) is 4. The summed E-state index contributed by atoms with van der Waals surface area (Å²) in [5.41, 5.74) is 5.11. The highest BCUT2D eigenvalue weighted by molar-refractivity contribution is 5.84. The lowest BCUT2D eigenvalue weighted by Gasteiger charge is -2.38. The van der Waals surface area contributed by atoms with Crippen LogP contribution in [0.4, 0.5) is 0 Å². The second-order valence-electron chi connectivity index (χ2n) is 4.32. The van der Waals surface area contributed by atoms with E-state index in [0.29, 0.717) is 26.3 Å². The molecule has 5 heteroatoms. The van der Waals surface area contributed by atoms with Crippen molar-refractivity contribution in [2.45, 2.75) is 18.9 Å². The molecule has 3 N–H and O–H groups in total. The minimum atomic E-state index is -0.474. The fraction of sp³-hybridized carbons (Fsp3) is 0.900. The summed E-state index contributed by atoms with van der Waals surface area (Å²) < 4.78 is 10.5. The molecule has 1 amide bonds. The van der Waals surface area contributed by atoms with Crippen LogP contribution in [0.5, 0.6) is 0 Å². The lowest BCUT2D eigenvalue weighted by atomic mass is 9.85. The van der Waals surface area contributed by atoms with E-state index in [1.807, 2.05) is 0 Å². The Morgan fingerprint density at radius 3 is 2.80 bits per heavy atom. The van der Waals surface area contributed by atoms with Gasteiger partial charge in [-0.05, 0) is 12.8 Å². The minimum absolute atomic E-state index is 0.00625. The highest BCUT2D eigenvalue weighted by Crippen LogP contribution is 2.26. The fourth-order valence-corrected chi connectivity index (χ4v) is 1.89. The van der Waals surface area contributed by atoms with E-state index < -0.39 is 5.41 Å². The molecule has 1 unspecified atom stereocenters. The maximum Gasteiger partial charge on any atom is 0.232 e. The first-order valence-corrected chi connectivity index (χ1v) is 5.44. The Balaban J connectivity index is 1.76. The van der Waals surface area contributed by atoms with Gasteiger partial charge in [-0.2, -0.15) is 0 Å². The van der Waals surface area contributed by atoms with Crippen molar-refractivity contribution in [2.24, 2.45) is 11.1 Å². The van der Waals surface area contributed by atoms with Crippen LogP contribution in [0, 0.1) is 5.41 Å². The second kappa shape index (κ2) is 4.47. The van der Waals surface area contributed by atoms with Crippen LogP contribution >= 0.6 is 0 Å². The zero-order chi connectivity index (χ0) is 10.7. The van der Waals surface area contributed by atoms with Gasteiger partial charge in [0.1, 0.15) is 5.41 Å². The molecule has 2 saturated heterocycles. The van der Waals surface area contributed by atoms with Gasteiger partial charge < -0.3 is 20.5 Å². The van der Waals surface area contributed by atoms with Crippen LogP contribution < -0.4 is 11.1 Å². The second-order valence-corrected chi connectivity index (χ2v) is 4.32. The van der Waals surface area contributed by atoms with Gasteiger partial charge in [-0.1, -0.05) is 0 Å².